The van der Waals surface area contributed by atoms with E-state index in [0.29, 0.717) is 11.3 Å². The summed E-state index contributed by atoms with van der Waals surface area (Å²) in [7, 11) is 0. The second kappa shape index (κ2) is 2.58. The van der Waals surface area contributed by atoms with Gasteiger partial charge in [-0.25, -0.2) is 0 Å². The van der Waals surface area contributed by atoms with Gasteiger partial charge in [0.15, 0.2) is 0 Å². The molecule has 0 fully saturated rings. The number of hydrogen-bond acceptors (Lipinski definition) is 2. The van der Waals surface area contributed by atoms with Crippen molar-refractivity contribution < 1.29 is 9.59 Å². The number of anilines is 1. The number of carbonyl (C=O) groups is 2. The number of carbonyl (C=O) groups excluding carboxylic acids is 2. The van der Waals surface area contributed by atoms with Crippen LogP contribution in [0.5, 0.6) is 0 Å². The van der Waals surface area contributed by atoms with E-state index in [1.165, 1.54) is 0 Å². The lowest BCUT2D eigenvalue weighted by Crippen LogP contribution is -2.27. The van der Waals surface area contributed by atoms with Crippen molar-refractivity contribution in [3.63, 3.8) is 0 Å². The average molecular weight is 176 g/mol. The fourth-order valence-electron chi connectivity index (χ4n) is 1.49. The van der Waals surface area contributed by atoms with E-state index in [4.69, 9.17) is 5.73 Å². The van der Waals surface area contributed by atoms with Gasteiger partial charge in [-0.15, -0.1) is 0 Å². The summed E-state index contributed by atoms with van der Waals surface area (Å²) in [6, 6.07) is 7.04. The number of benzene rings is 1. The number of primary amides is 1. The maximum absolute atomic E-state index is 11.3. The zero-order valence-corrected chi connectivity index (χ0v) is 6.78. The Morgan fingerprint density at radius 1 is 1.38 bits per heavy atom. The molecule has 1 atom stereocenters. The Morgan fingerprint density at radius 3 is 2.77 bits per heavy atom. The van der Waals surface area contributed by atoms with Crippen molar-refractivity contribution in [2.24, 2.45) is 5.73 Å². The molecule has 0 radical (unpaired) electrons. The van der Waals surface area contributed by atoms with Crippen LogP contribution in [0.2, 0.25) is 0 Å². The first kappa shape index (κ1) is 7.79. The molecular formula is C9H8N2O2. The van der Waals surface area contributed by atoms with Gasteiger partial charge in [0.25, 0.3) is 0 Å². The van der Waals surface area contributed by atoms with Crippen LogP contribution in [0.3, 0.4) is 0 Å². The Hall–Kier alpha value is -1.84. The maximum atomic E-state index is 11.3. The lowest BCUT2D eigenvalue weighted by atomic mass is 10.0. The summed E-state index contributed by atoms with van der Waals surface area (Å²) in [5, 5.41) is 2.59. The van der Waals surface area contributed by atoms with Gasteiger partial charge in [0, 0.05) is 5.69 Å². The largest absolute Gasteiger partial charge is 0.369 e. The summed E-state index contributed by atoms with van der Waals surface area (Å²) < 4.78 is 0. The highest BCUT2D eigenvalue weighted by molar-refractivity contribution is 6.15. The second-order valence-corrected chi connectivity index (χ2v) is 2.91. The maximum Gasteiger partial charge on any atom is 0.241 e. The molecule has 0 saturated carbocycles. The van der Waals surface area contributed by atoms with Crippen molar-refractivity contribution in [3.8, 4) is 0 Å². The Kier molecular flexibility index (Phi) is 1.55. The van der Waals surface area contributed by atoms with Crippen LogP contribution in [-0.2, 0) is 9.59 Å². The molecule has 3 N–H and O–H groups in total. The van der Waals surface area contributed by atoms with Crippen LogP contribution in [0, 0.1) is 0 Å². The molecule has 4 nitrogen and oxygen atoms in total. The van der Waals surface area contributed by atoms with Gasteiger partial charge in [-0.3, -0.25) is 9.59 Å². The van der Waals surface area contributed by atoms with Crippen LogP contribution in [-0.4, -0.2) is 11.8 Å². The number of fused-ring (bicyclic) bond motifs is 1. The van der Waals surface area contributed by atoms with E-state index in [1.54, 1.807) is 24.3 Å². The summed E-state index contributed by atoms with van der Waals surface area (Å²) in [6.07, 6.45) is 0. The third-order valence-electron chi connectivity index (χ3n) is 2.08. The summed E-state index contributed by atoms with van der Waals surface area (Å²) in [5.41, 5.74) is 6.45. The smallest absolute Gasteiger partial charge is 0.241 e. The molecule has 13 heavy (non-hydrogen) atoms. The number of rotatable bonds is 1. The molecule has 0 spiro atoms. The number of amides is 2. The quantitative estimate of drug-likeness (QED) is 0.600. The van der Waals surface area contributed by atoms with Gasteiger partial charge < -0.3 is 11.1 Å². The summed E-state index contributed by atoms with van der Waals surface area (Å²) in [5.74, 6) is -1.77. The molecule has 4 heteroatoms. The summed E-state index contributed by atoms with van der Waals surface area (Å²) >= 11 is 0. The van der Waals surface area contributed by atoms with E-state index < -0.39 is 11.8 Å². The molecule has 1 aromatic rings. The standard InChI is InChI=1S/C9H8N2O2/c10-8(12)7-5-3-1-2-4-6(5)11-9(7)13/h1-4,7H,(H2,10,12)(H,11,13). The second-order valence-electron chi connectivity index (χ2n) is 2.91. The van der Waals surface area contributed by atoms with Crippen molar-refractivity contribution in [3.05, 3.63) is 29.8 Å². The van der Waals surface area contributed by atoms with E-state index in [2.05, 4.69) is 5.32 Å². The molecule has 1 aromatic carbocycles. The first-order valence-electron chi connectivity index (χ1n) is 3.89. The highest BCUT2D eigenvalue weighted by atomic mass is 16.2. The molecule has 66 valence electrons. The van der Waals surface area contributed by atoms with Crippen molar-refractivity contribution in [1.82, 2.24) is 0 Å². The lowest BCUT2D eigenvalue weighted by molar-refractivity contribution is -0.126. The molecule has 1 heterocycles. The molecule has 1 unspecified atom stereocenters. The van der Waals surface area contributed by atoms with Gasteiger partial charge in [-0.2, -0.15) is 0 Å². The van der Waals surface area contributed by atoms with E-state index in [9.17, 15) is 9.59 Å². The fourth-order valence-corrected chi connectivity index (χ4v) is 1.49. The Bertz CT molecular complexity index is 387. The number of nitrogens with one attached hydrogen (secondary N) is 1. The van der Waals surface area contributed by atoms with Crippen molar-refractivity contribution in [1.29, 1.82) is 0 Å². The third-order valence-corrected chi connectivity index (χ3v) is 2.08. The summed E-state index contributed by atoms with van der Waals surface area (Å²) in [6.45, 7) is 0. The molecule has 2 rings (SSSR count). The van der Waals surface area contributed by atoms with Crippen LogP contribution in [0.4, 0.5) is 5.69 Å². The molecular weight excluding hydrogens is 168 g/mol. The van der Waals surface area contributed by atoms with Gasteiger partial charge >= 0.3 is 0 Å². The Labute approximate surface area is 74.7 Å². The van der Waals surface area contributed by atoms with Gasteiger partial charge in [0.1, 0.15) is 5.92 Å². The van der Waals surface area contributed by atoms with Crippen LogP contribution in [0.15, 0.2) is 24.3 Å². The van der Waals surface area contributed by atoms with Gasteiger partial charge in [-0.05, 0) is 11.6 Å². The van der Waals surface area contributed by atoms with Crippen LogP contribution in [0.1, 0.15) is 11.5 Å². The fraction of sp³-hybridized carbons (Fsp3) is 0.111. The minimum absolute atomic E-state index is 0.339. The first-order valence-corrected chi connectivity index (χ1v) is 3.89. The summed E-state index contributed by atoms with van der Waals surface area (Å²) in [4.78, 5) is 22.2. The molecule has 1 aliphatic heterocycles. The SMILES string of the molecule is NC(=O)C1C(=O)Nc2ccccc21. The molecule has 0 saturated heterocycles. The average Bonchev–Trinajstić information content (AvgIpc) is 2.39. The zero-order valence-electron chi connectivity index (χ0n) is 6.78. The predicted octanol–water partition coefficient (Wildman–Crippen LogP) is 0.208. The number of hydrogen-bond donors (Lipinski definition) is 2. The monoisotopic (exact) mass is 176 g/mol. The molecule has 1 aliphatic rings. The normalized spacial score (nSPS) is 19.4. The van der Waals surface area contributed by atoms with Crippen molar-refractivity contribution in [2.75, 3.05) is 5.32 Å². The van der Waals surface area contributed by atoms with E-state index in [-0.39, 0.29) is 5.91 Å². The van der Waals surface area contributed by atoms with E-state index in [1.807, 2.05) is 0 Å². The molecule has 0 aliphatic carbocycles. The first-order chi connectivity index (χ1) is 6.20. The zero-order chi connectivity index (χ0) is 9.42. The number of para-hydroxylation sites is 1. The van der Waals surface area contributed by atoms with Crippen LogP contribution >= 0.6 is 0 Å². The topological polar surface area (TPSA) is 72.2 Å². The van der Waals surface area contributed by atoms with E-state index in [0.717, 1.165) is 0 Å². The minimum atomic E-state index is -0.823. The highest BCUT2D eigenvalue weighted by Crippen LogP contribution is 2.31. The van der Waals surface area contributed by atoms with Gasteiger partial charge in [-0.1, -0.05) is 18.2 Å². The van der Waals surface area contributed by atoms with Crippen LogP contribution in [0.25, 0.3) is 0 Å². The van der Waals surface area contributed by atoms with Gasteiger partial charge in [0.2, 0.25) is 11.8 Å². The van der Waals surface area contributed by atoms with Crippen molar-refractivity contribution >= 4 is 17.5 Å². The Morgan fingerprint density at radius 2 is 2.08 bits per heavy atom. The minimum Gasteiger partial charge on any atom is -0.369 e. The molecule has 0 bridgehead atoms. The third kappa shape index (κ3) is 1.07. The molecule has 2 amide bonds. The van der Waals surface area contributed by atoms with Crippen molar-refractivity contribution in [2.45, 2.75) is 5.92 Å². The molecule has 0 aromatic heterocycles. The van der Waals surface area contributed by atoms with Gasteiger partial charge in [0.05, 0.1) is 0 Å². The van der Waals surface area contributed by atoms with E-state index >= 15 is 0 Å². The lowest BCUT2D eigenvalue weighted by Gasteiger charge is -2.01. The number of nitrogens with two attached hydrogens (primary N) is 1. The predicted molar refractivity (Wildman–Crippen MR) is 47.0 cm³/mol. The highest BCUT2D eigenvalue weighted by Gasteiger charge is 2.34. The Balaban J connectivity index is 2.52. The van der Waals surface area contributed by atoms with Crippen LogP contribution < -0.4 is 11.1 Å².